The molecule has 1 amide bonds. The van der Waals surface area contributed by atoms with E-state index >= 15 is 0 Å². The van der Waals surface area contributed by atoms with E-state index in [1.54, 1.807) is 0 Å². The molecular weight excluding hydrogens is 272 g/mol. The van der Waals surface area contributed by atoms with E-state index < -0.39 is 4.92 Å². The molecule has 1 saturated heterocycles. The van der Waals surface area contributed by atoms with Crippen molar-refractivity contribution in [3.8, 4) is 0 Å². The zero-order chi connectivity index (χ0) is 14.0. The number of rotatable bonds is 4. The molecule has 0 unspecified atom stereocenters. The largest absolute Gasteiger partial charge is 0.380 e. The van der Waals surface area contributed by atoms with Crippen LogP contribution in [0.5, 0.6) is 0 Å². The molecule has 0 spiro atoms. The first-order valence-electron chi connectivity index (χ1n) is 5.71. The summed E-state index contributed by atoms with van der Waals surface area (Å²) in [6.07, 6.45) is 0. The summed E-state index contributed by atoms with van der Waals surface area (Å²) in [5, 5.41) is 13.5. The van der Waals surface area contributed by atoms with Crippen LogP contribution in [0.25, 0.3) is 0 Å². The van der Waals surface area contributed by atoms with Gasteiger partial charge in [0, 0.05) is 23.6 Å². The van der Waals surface area contributed by atoms with Crippen molar-refractivity contribution in [3.05, 3.63) is 38.9 Å². The maximum Gasteiger partial charge on any atom is 0.288 e. The first-order chi connectivity index (χ1) is 8.91. The van der Waals surface area contributed by atoms with Crippen molar-refractivity contribution in [1.29, 1.82) is 0 Å². The Morgan fingerprint density at radius 3 is 2.79 bits per heavy atom. The number of hydrogen-bond donors (Lipinski definition) is 1. The number of nitrogens with zero attached hydrogens (tertiary/aromatic N) is 1. The van der Waals surface area contributed by atoms with Crippen molar-refractivity contribution in [2.45, 2.75) is 6.92 Å². The van der Waals surface area contributed by atoms with E-state index in [1.807, 2.05) is 6.92 Å². The highest BCUT2D eigenvalue weighted by Crippen LogP contribution is 2.26. The molecule has 0 bridgehead atoms. The topological polar surface area (TPSA) is 81.5 Å². The molecule has 6 nitrogen and oxygen atoms in total. The monoisotopic (exact) mass is 284 g/mol. The Labute approximate surface area is 114 Å². The zero-order valence-electron chi connectivity index (χ0n) is 10.3. The number of amides is 1. The van der Waals surface area contributed by atoms with Crippen LogP contribution < -0.4 is 5.32 Å². The van der Waals surface area contributed by atoms with Crippen LogP contribution in [0, 0.1) is 15.5 Å². The standard InChI is InChI=1S/C12H13ClN2O4/c1-12(6-19-7-12)5-14-11(16)8-2-3-9(13)10(4-8)15(17)18/h2-4H,5-7H2,1H3,(H,14,16). The molecule has 19 heavy (non-hydrogen) atoms. The summed E-state index contributed by atoms with van der Waals surface area (Å²) in [7, 11) is 0. The fraction of sp³-hybridized carbons (Fsp3) is 0.417. The number of halogens is 1. The number of nitro benzene ring substituents is 1. The van der Waals surface area contributed by atoms with Crippen molar-refractivity contribution >= 4 is 23.2 Å². The van der Waals surface area contributed by atoms with Crippen LogP contribution in [0.3, 0.4) is 0 Å². The Morgan fingerprint density at radius 2 is 2.26 bits per heavy atom. The Morgan fingerprint density at radius 1 is 1.58 bits per heavy atom. The van der Waals surface area contributed by atoms with Crippen LogP contribution in [-0.4, -0.2) is 30.6 Å². The first kappa shape index (κ1) is 13.8. The van der Waals surface area contributed by atoms with Gasteiger partial charge >= 0.3 is 0 Å². The lowest BCUT2D eigenvalue weighted by molar-refractivity contribution is -0.384. The van der Waals surface area contributed by atoms with Gasteiger partial charge < -0.3 is 10.1 Å². The highest BCUT2D eigenvalue weighted by molar-refractivity contribution is 6.32. The number of nitrogens with one attached hydrogen (secondary N) is 1. The molecule has 1 aromatic rings. The van der Waals surface area contributed by atoms with Gasteiger partial charge in [0.15, 0.2) is 0 Å². The lowest BCUT2D eigenvalue weighted by Crippen LogP contribution is -2.48. The van der Waals surface area contributed by atoms with Crippen molar-refractivity contribution in [2.75, 3.05) is 19.8 Å². The van der Waals surface area contributed by atoms with Gasteiger partial charge in [-0.2, -0.15) is 0 Å². The fourth-order valence-electron chi connectivity index (χ4n) is 1.74. The number of ether oxygens (including phenoxy) is 1. The van der Waals surface area contributed by atoms with Gasteiger partial charge in [-0.25, -0.2) is 0 Å². The van der Waals surface area contributed by atoms with Gasteiger partial charge in [0.2, 0.25) is 0 Å². The predicted octanol–water partition coefficient (Wildman–Crippen LogP) is 2.01. The predicted molar refractivity (Wildman–Crippen MR) is 69.4 cm³/mol. The Balaban J connectivity index is 2.06. The van der Waals surface area contributed by atoms with E-state index in [4.69, 9.17) is 16.3 Å². The zero-order valence-corrected chi connectivity index (χ0v) is 11.1. The lowest BCUT2D eigenvalue weighted by atomic mass is 9.88. The van der Waals surface area contributed by atoms with Gasteiger partial charge in [0.25, 0.3) is 11.6 Å². The third-order valence-corrected chi connectivity index (χ3v) is 3.30. The number of carbonyl (C=O) groups excluding carboxylic acids is 1. The summed E-state index contributed by atoms with van der Waals surface area (Å²) >= 11 is 5.69. The van der Waals surface area contributed by atoms with Gasteiger partial charge in [0.1, 0.15) is 5.02 Å². The Hall–Kier alpha value is -1.66. The second-order valence-corrected chi connectivity index (χ2v) is 5.32. The molecule has 102 valence electrons. The highest BCUT2D eigenvalue weighted by Gasteiger charge is 2.33. The minimum Gasteiger partial charge on any atom is -0.380 e. The minimum absolute atomic E-state index is 0.0147. The first-order valence-corrected chi connectivity index (χ1v) is 6.09. The number of nitro groups is 1. The van der Waals surface area contributed by atoms with Crippen molar-refractivity contribution in [2.24, 2.45) is 5.41 Å². The average molecular weight is 285 g/mol. The van der Waals surface area contributed by atoms with E-state index in [2.05, 4.69) is 5.32 Å². The van der Waals surface area contributed by atoms with Crippen LogP contribution in [0.15, 0.2) is 18.2 Å². The van der Waals surface area contributed by atoms with Gasteiger partial charge in [-0.05, 0) is 12.1 Å². The quantitative estimate of drug-likeness (QED) is 0.677. The fourth-order valence-corrected chi connectivity index (χ4v) is 1.93. The average Bonchev–Trinajstić information content (AvgIpc) is 2.33. The van der Waals surface area contributed by atoms with Crippen molar-refractivity contribution in [3.63, 3.8) is 0 Å². The maximum absolute atomic E-state index is 11.9. The van der Waals surface area contributed by atoms with E-state index in [0.717, 1.165) is 0 Å². The van der Waals surface area contributed by atoms with Crippen LogP contribution in [0.4, 0.5) is 5.69 Å². The van der Waals surface area contributed by atoms with Crippen LogP contribution in [0.2, 0.25) is 5.02 Å². The van der Waals surface area contributed by atoms with Crippen molar-refractivity contribution in [1.82, 2.24) is 5.32 Å². The molecule has 1 N–H and O–H groups in total. The molecular formula is C12H13ClN2O4. The second kappa shape index (κ2) is 5.14. The molecule has 0 aromatic heterocycles. The molecule has 2 rings (SSSR count). The summed E-state index contributed by atoms with van der Waals surface area (Å²) < 4.78 is 5.08. The summed E-state index contributed by atoms with van der Waals surface area (Å²) in [6.45, 7) is 3.69. The smallest absolute Gasteiger partial charge is 0.288 e. The summed E-state index contributed by atoms with van der Waals surface area (Å²) in [5.74, 6) is -0.354. The van der Waals surface area contributed by atoms with E-state index in [1.165, 1.54) is 18.2 Å². The summed E-state index contributed by atoms with van der Waals surface area (Å²) in [6, 6.07) is 3.99. The third kappa shape index (κ3) is 3.02. The molecule has 0 atom stereocenters. The van der Waals surface area contributed by atoms with Crippen LogP contribution in [0.1, 0.15) is 17.3 Å². The van der Waals surface area contributed by atoms with E-state index in [0.29, 0.717) is 19.8 Å². The van der Waals surface area contributed by atoms with Crippen molar-refractivity contribution < 1.29 is 14.5 Å². The molecule has 0 aliphatic carbocycles. The number of carbonyl (C=O) groups is 1. The van der Waals surface area contributed by atoms with E-state index in [-0.39, 0.29) is 27.6 Å². The van der Waals surface area contributed by atoms with Gasteiger partial charge in [0.05, 0.1) is 18.1 Å². The van der Waals surface area contributed by atoms with Crippen LogP contribution >= 0.6 is 11.6 Å². The van der Waals surface area contributed by atoms with Gasteiger partial charge in [-0.1, -0.05) is 18.5 Å². The molecule has 1 aliphatic heterocycles. The molecule has 0 radical (unpaired) electrons. The number of hydrogen-bond acceptors (Lipinski definition) is 4. The normalized spacial score (nSPS) is 16.5. The second-order valence-electron chi connectivity index (χ2n) is 4.91. The Kier molecular flexibility index (Phi) is 3.73. The molecule has 1 fully saturated rings. The molecule has 7 heteroatoms. The third-order valence-electron chi connectivity index (χ3n) is 2.98. The Bertz CT molecular complexity index is 528. The molecule has 1 heterocycles. The molecule has 0 saturated carbocycles. The minimum atomic E-state index is -0.611. The van der Waals surface area contributed by atoms with Gasteiger partial charge in [-0.3, -0.25) is 14.9 Å². The van der Waals surface area contributed by atoms with Crippen LogP contribution in [-0.2, 0) is 4.74 Å². The van der Waals surface area contributed by atoms with Gasteiger partial charge in [-0.15, -0.1) is 0 Å². The maximum atomic E-state index is 11.9. The highest BCUT2D eigenvalue weighted by atomic mass is 35.5. The summed E-state index contributed by atoms with van der Waals surface area (Å²) in [5.41, 5.74) is -0.0963. The van der Waals surface area contributed by atoms with E-state index in [9.17, 15) is 14.9 Å². The number of benzene rings is 1. The summed E-state index contributed by atoms with van der Waals surface area (Å²) in [4.78, 5) is 22.0. The molecule has 1 aromatic carbocycles. The lowest BCUT2D eigenvalue weighted by Gasteiger charge is -2.38. The molecule has 1 aliphatic rings. The SMILES string of the molecule is CC1(CNC(=O)c2ccc(Cl)c([N+](=O)[O-])c2)COC1.